The predicted molar refractivity (Wildman–Crippen MR) is 122 cm³/mol. The van der Waals surface area contributed by atoms with Crippen molar-refractivity contribution in [3.05, 3.63) is 81.2 Å². The zero-order chi connectivity index (χ0) is 23.9. The topological polar surface area (TPSA) is 75.4 Å². The van der Waals surface area contributed by atoms with Crippen LogP contribution in [0, 0.1) is 11.6 Å². The highest BCUT2D eigenvalue weighted by molar-refractivity contribution is 7.85. The Morgan fingerprint density at radius 1 is 1.03 bits per heavy atom. The first-order valence-corrected chi connectivity index (χ1v) is 12.4. The van der Waals surface area contributed by atoms with E-state index in [0.29, 0.717) is 29.8 Å². The fourth-order valence-electron chi connectivity index (χ4n) is 4.26. The van der Waals surface area contributed by atoms with Crippen LogP contribution in [0.3, 0.4) is 0 Å². The first kappa shape index (κ1) is 24.1. The Kier molecular flexibility index (Phi) is 6.80. The summed E-state index contributed by atoms with van der Waals surface area (Å²) in [5.74, 6) is -1.69. The van der Waals surface area contributed by atoms with Crippen LogP contribution in [0.2, 0.25) is 10.0 Å². The van der Waals surface area contributed by atoms with Crippen LogP contribution in [-0.4, -0.2) is 47.6 Å². The number of benzene rings is 2. The van der Waals surface area contributed by atoms with Crippen LogP contribution in [0.25, 0.3) is 0 Å². The number of aromatic nitrogens is 2. The highest BCUT2D eigenvalue weighted by atomic mass is 35.5. The van der Waals surface area contributed by atoms with E-state index in [-0.39, 0.29) is 21.1 Å². The zero-order valence-electron chi connectivity index (χ0n) is 17.6. The highest BCUT2D eigenvalue weighted by Crippen LogP contribution is 2.38. The number of nitrogens with zero attached hydrogens (tertiary/aromatic N) is 3. The molecule has 1 aliphatic rings. The average molecular weight is 516 g/mol. The Morgan fingerprint density at radius 3 is 2.00 bits per heavy atom. The molecule has 2 heterocycles. The van der Waals surface area contributed by atoms with Crippen LogP contribution in [0.15, 0.2) is 47.6 Å². The van der Waals surface area contributed by atoms with Crippen LogP contribution >= 0.6 is 23.2 Å². The normalized spacial score (nSPS) is 16.0. The third-order valence-electron chi connectivity index (χ3n) is 5.92. The van der Waals surface area contributed by atoms with E-state index in [0.717, 1.165) is 19.3 Å². The predicted octanol–water partition coefficient (Wildman–Crippen LogP) is 5.16. The molecule has 1 saturated heterocycles. The summed E-state index contributed by atoms with van der Waals surface area (Å²) in [5.41, 5.74) is 1.01. The van der Waals surface area contributed by atoms with Gasteiger partial charge in [0.15, 0.2) is 5.03 Å². The van der Waals surface area contributed by atoms with Crippen molar-refractivity contribution < 1.29 is 21.8 Å². The van der Waals surface area contributed by atoms with Gasteiger partial charge in [-0.15, -0.1) is 0 Å². The van der Waals surface area contributed by atoms with Gasteiger partial charge in [0.25, 0.3) is 0 Å². The molecule has 0 saturated carbocycles. The molecule has 2 aromatic carbocycles. The smallest absolute Gasteiger partial charge is 0.311 e. The van der Waals surface area contributed by atoms with E-state index < -0.39 is 27.7 Å². The number of likely N-dealkylation sites (tertiary alicyclic amines) is 1. The fourth-order valence-corrected chi connectivity index (χ4v) is 5.31. The Balaban J connectivity index is 1.96. The molecule has 0 atom stereocenters. The molecule has 1 fully saturated rings. The lowest BCUT2D eigenvalue weighted by Gasteiger charge is -2.32. The van der Waals surface area contributed by atoms with Crippen LogP contribution < -0.4 is 0 Å². The number of imidazole rings is 1. The van der Waals surface area contributed by atoms with Gasteiger partial charge in [0.2, 0.25) is 0 Å². The maximum atomic E-state index is 13.9. The van der Waals surface area contributed by atoms with Crippen LogP contribution in [0.4, 0.5) is 8.78 Å². The van der Waals surface area contributed by atoms with Crippen molar-refractivity contribution >= 4 is 33.3 Å². The summed E-state index contributed by atoms with van der Waals surface area (Å²) in [6.07, 6.45) is 2.36. The maximum Gasteiger partial charge on any atom is 0.311 e. The third kappa shape index (κ3) is 4.93. The molecule has 1 aliphatic heterocycles. The Hall–Kier alpha value is -2.04. The van der Waals surface area contributed by atoms with E-state index in [4.69, 9.17) is 23.2 Å². The lowest BCUT2D eigenvalue weighted by molar-refractivity contribution is 0.212. The van der Waals surface area contributed by atoms with Gasteiger partial charge in [0.1, 0.15) is 17.5 Å². The summed E-state index contributed by atoms with van der Waals surface area (Å²) < 4.78 is 63.7. The average Bonchev–Trinajstić information content (AvgIpc) is 3.19. The van der Waals surface area contributed by atoms with Crippen molar-refractivity contribution in [3.8, 4) is 0 Å². The SMILES string of the molecule is CN1CCC(n2c(S(=O)(=O)O)cnc2C(c2ccc(F)c(Cl)c2)c2ccc(F)c(Cl)c2)CC1. The van der Waals surface area contributed by atoms with E-state index >= 15 is 0 Å². The fraction of sp³-hybridized carbons (Fsp3) is 0.318. The molecule has 176 valence electrons. The third-order valence-corrected chi connectivity index (χ3v) is 7.33. The number of piperidine rings is 1. The molecule has 0 amide bonds. The monoisotopic (exact) mass is 515 g/mol. The molecular formula is C22H21Cl2F2N3O3S. The summed E-state index contributed by atoms with van der Waals surface area (Å²) in [6, 6.07) is 7.97. The first-order chi connectivity index (χ1) is 15.6. The molecule has 33 heavy (non-hydrogen) atoms. The number of rotatable bonds is 5. The molecule has 1 N–H and O–H groups in total. The number of hydrogen-bond donors (Lipinski definition) is 1. The molecular weight excluding hydrogens is 495 g/mol. The largest absolute Gasteiger partial charge is 0.313 e. The van der Waals surface area contributed by atoms with Crippen molar-refractivity contribution in [2.24, 2.45) is 0 Å². The van der Waals surface area contributed by atoms with Crippen LogP contribution in [-0.2, 0) is 10.1 Å². The van der Waals surface area contributed by atoms with Gasteiger partial charge in [0.05, 0.1) is 22.2 Å². The van der Waals surface area contributed by atoms with Crippen LogP contribution in [0.5, 0.6) is 0 Å². The van der Waals surface area contributed by atoms with Gasteiger partial charge in [-0.25, -0.2) is 13.8 Å². The summed E-state index contributed by atoms with van der Waals surface area (Å²) in [5, 5.41) is -0.588. The lowest BCUT2D eigenvalue weighted by Crippen LogP contribution is -2.33. The molecule has 6 nitrogen and oxygen atoms in total. The van der Waals surface area contributed by atoms with Crippen molar-refractivity contribution in [3.63, 3.8) is 0 Å². The molecule has 4 rings (SSSR count). The van der Waals surface area contributed by atoms with E-state index in [9.17, 15) is 21.8 Å². The van der Waals surface area contributed by atoms with E-state index in [1.165, 1.54) is 41.0 Å². The Morgan fingerprint density at radius 2 is 1.55 bits per heavy atom. The maximum absolute atomic E-state index is 13.9. The van der Waals surface area contributed by atoms with Gasteiger partial charge >= 0.3 is 10.1 Å². The highest BCUT2D eigenvalue weighted by Gasteiger charge is 2.33. The van der Waals surface area contributed by atoms with E-state index in [1.807, 2.05) is 7.05 Å². The first-order valence-electron chi connectivity index (χ1n) is 10.2. The van der Waals surface area contributed by atoms with Crippen LogP contribution in [0.1, 0.15) is 41.8 Å². The van der Waals surface area contributed by atoms with E-state index in [1.54, 1.807) is 0 Å². The van der Waals surface area contributed by atoms with Crippen molar-refractivity contribution in [1.82, 2.24) is 14.5 Å². The van der Waals surface area contributed by atoms with Crippen molar-refractivity contribution in [2.45, 2.75) is 29.8 Å². The molecule has 0 radical (unpaired) electrons. The van der Waals surface area contributed by atoms with Gasteiger partial charge < -0.3 is 9.47 Å². The molecule has 0 aliphatic carbocycles. The second kappa shape index (κ2) is 9.31. The molecule has 0 bridgehead atoms. The number of hydrogen-bond acceptors (Lipinski definition) is 4. The minimum atomic E-state index is -4.59. The zero-order valence-corrected chi connectivity index (χ0v) is 19.9. The summed E-state index contributed by atoms with van der Waals surface area (Å²) >= 11 is 12.1. The van der Waals surface area contributed by atoms with Gasteiger partial charge in [-0.1, -0.05) is 35.3 Å². The minimum absolute atomic E-state index is 0.127. The lowest BCUT2D eigenvalue weighted by atomic mass is 9.89. The van der Waals surface area contributed by atoms with Gasteiger partial charge in [-0.05, 0) is 68.4 Å². The quantitative estimate of drug-likeness (QED) is 0.475. The second-order valence-electron chi connectivity index (χ2n) is 8.11. The molecule has 0 spiro atoms. The Bertz CT molecular complexity index is 1240. The molecule has 0 unspecified atom stereocenters. The molecule has 3 aromatic rings. The summed E-state index contributed by atoms with van der Waals surface area (Å²) in [7, 11) is -2.62. The van der Waals surface area contributed by atoms with Crippen molar-refractivity contribution in [1.29, 1.82) is 0 Å². The summed E-state index contributed by atoms with van der Waals surface area (Å²) in [6.45, 7) is 1.45. The summed E-state index contributed by atoms with van der Waals surface area (Å²) in [4.78, 5) is 6.49. The molecule has 11 heteroatoms. The minimum Gasteiger partial charge on any atom is -0.313 e. The van der Waals surface area contributed by atoms with Crippen molar-refractivity contribution in [2.75, 3.05) is 20.1 Å². The Labute approximate surface area is 200 Å². The van der Waals surface area contributed by atoms with Gasteiger partial charge in [-0.2, -0.15) is 8.42 Å². The van der Waals surface area contributed by atoms with Gasteiger partial charge in [0, 0.05) is 6.04 Å². The number of halogens is 4. The standard InChI is InChI=1S/C22H21Cl2F2N3O3S/c1-28-8-6-15(7-9-28)29-20(33(30,31)32)12-27-22(29)21(13-2-4-18(25)16(23)10-13)14-3-5-19(26)17(24)11-14/h2-5,10-12,15,21H,6-9H2,1H3,(H,30,31,32). The van der Waals surface area contributed by atoms with E-state index in [2.05, 4.69) is 9.88 Å². The van der Waals surface area contributed by atoms with Gasteiger partial charge in [-0.3, -0.25) is 4.55 Å². The second-order valence-corrected chi connectivity index (χ2v) is 10.3. The molecule has 1 aromatic heterocycles.